The summed E-state index contributed by atoms with van der Waals surface area (Å²) < 4.78 is 15.6. The fourth-order valence-electron chi connectivity index (χ4n) is 2.72. The summed E-state index contributed by atoms with van der Waals surface area (Å²) in [7, 11) is 1.36. The van der Waals surface area contributed by atoms with Crippen LogP contribution in [0.2, 0.25) is 0 Å². The summed E-state index contributed by atoms with van der Waals surface area (Å²) in [6.45, 7) is 6.41. The molecule has 0 bridgehead atoms. The Balaban J connectivity index is 1.94. The van der Waals surface area contributed by atoms with Crippen LogP contribution >= 0.6 is 0 Å². The predicted octanol–water partition coefficient (Wildman–Crippen LogP) is 2.12. The zero-order valence-corrected chi connectivity index (χ0v) is 13.6. The largest absolute Gasteiger partial charge is 0.481 e. The molecular formula is C17H25NO4. The summed E-state index contributed by atoms with van der Waals surface area (Å²) in [5.74, 6) is 0.386. The van der Waals surface area contributed by atoms with E-state index < -0.39 is 0 Å². The van der Waals surface area contributed by atoms with Gasteiger partial charge in [-0.1, -0.05) is 12.1 Å². The molecule has 1 aromatic carbocycles. The fourth-order valence-corrected chi connectivity index (χ4v) is 2.72. The maximum absolute atomic E-state index is 11.2. The van der Waals surface area contributed by atoms with Crippen molar-refractivity contribution in [2.75, 3.05) is 26.9 Å². The van der Waals surface area contributed by atoms with Crippen LogP contribution in [0, 0.1) is 13.8 Å². The van der Waals surface area contributed by atoms with Crippen LogP contribution in [0.3, 0.4) is 0 Å². The second kappa shape index (κ2) is 8.15. The van der Waals surface area contributed by atoms with Crippen molar-refractivity contribution in [1.82, 2.24) is 5.32 Å². The van der Waals surface area contributed by atoms with Crippen LogP contribution in [0.1, 0.15) is 29.5 Å². The number of hydrogen-bond acceptors (Lipinski definition) is 5. The van der Waals surface area contributed by atoms with E-state index in [-0.39, 0.29) is 12.6 Å². The minimum absolute atomic E-state index is 0.0603. The Morgan fingerprint density at radius 3 is 2.68 bits per heavy atom. The zero-order chi connectivity index (χ0) is 15.9. The molecule has 0 saturated carbocycles. The van der Waals surface area contributed by atoms with Crippen molar-refractivity contribution in [3.05, 3.63) is 28.8 Å². The summed E-state index contributed by atoms with van der Waals surface area (Å²) in [4.78, 5) is 11.2. The zero-order valence-electron chi connectivity index (χ0n) is 13.6. The van der Waals surface area contributed by atoms with Crippen LogP contribution in [0.25, 0.3) is 0 Å². The van der Waals surface area contributed by atoms with E-state index in [1.807, 2.05) is 13.8 Å². The number of carbonyl (C=O) groups excluding carboxylic acids is 1. The molecule has 0 radical (unpaired) electrons. The number of rotatable bonds is 6. The van der Waals surface area contributed by atoms with Gasteiger partial charge in [0.1, 0.15) is 5.75 Å². The highest BCUT2D eigenvalue weighted by Gasteiger charge is 2.14. The molecule has 1 fully saturated rings. The lowest BCUT2D eigenvalue weighted by molar-refractivity contribution is -0.142. The standard InChI is InChI=1S/C17H25NO4/c1-12-7-14(9-18-15-5-4-6-21-10-15)8-13(2)17(12)22-11-16(19)20-3/h7-8,15,18H,4-6,9-11H2,1-3H3. The van der Waals surface area contributed by atoms with Gasteiger partial charge in [0.25, 0.3) is 0 Å². The molecule has 0 aliphatic carbocycles. The summed E-state index contributed by atoms with van der Waals surface area (Å²) in [5, 5.41) is 3.53. The van der Waals surface area contributed by atoms with E-state index in [9.17, 15) is 4.79 Å². The Kier molecular flexibility index (Phi) is 6.21. The molecule has 0 aromatic heterocycles. The van der Waals surface area contributed by atoms with E-state index >= 15 is 0 Å². The van der Waals surface area contributed by atoms with Gasteiger partial charge in [-0.05, 0) is 43.4 Å². The highest BCUT2D eigenvalue weighted by molar-refractivity contribution is 5.71. The van der Waals surface area contributed by atoms with Gasteiger partial charge >= 0.3 is 5.97 Å². The Labute approximate surface area is 131 Å². The van der Waals surface area contributed by atoms with Gasteiger partial charge in [0, 0.05) is 19.2 Å². The number of carbonyl (C=O) groups is 1. The van der Waals surface area contributed by atoms with Gasteiger partial charge in [-0.2, -0.15) is 0 Å². The van der Waals surface area contributed by atoms with Crippen molar-refractivity contribution in [3.8, 4) is 5.75 Å². The maximum Gasteiger partial charge on any atom is 0.343 e. The number of aryl methyl sites for hydroxylation is 2. The second-order valence-corrected chi connectivity index (χ2v) is 5.72. The molecule has 5 heteroatoms. The van der Waals surface area contributed by atoms with Crippen LogP contribution in [-0.2, 0) is 20.8 Å². The quantitative estimate of drug-likeness (QED) is 0.816. The molecule has 22 heavy (non-hydrogen) atoms. The first kappa shape index (κ1) is 16.8. The lowest BCUT2D eigenvalue weighted by atomic mass is 10.0. The first-order valence-electron chi connectivity index (χ1n) is 7.71. The van der Waals surface area contributed by atoms with Crippen LogP contribution < -0.4 is 10.1 Å². The van der Waals surface area contributed by atoms with Crippen LogP contribution in [0.4, 0.5) is 0 Å². The molecule has 2 rings (SSSR count). The molecule has 1 aromatic rings. The first-order valence-corrected chi connectivity index (χ1v) is 7.71. The van der Waals surface area contributed by atoms with Crippen LogP contribution in [0.5, 0.6) is 5.75 Å². The van der Waals surface area contributed by atoms with E-state index in [1.54, 1.807) is 0 Å². The monoisotopic (exact) mass is 307 g/mol. The Hall–Kier alpha value is -1.59. The van der Waals surface area contributed by atoms with Crippen molar-refractivity contribution in [3.63, 3.8) is 0 Å². The number of esters is 1. The number of nitrogens with one attached hydrogen (secondary N) is 1. The van der Waals surface area contributed by atoms with Gasteiger partial charge in [0.15, 0.2) is 6.61 Å². The minimum atomic E-state index is -0.373. The van der Waals surface area contributed by atoms with Gasteiger partial charge in [-0.25, -0.2) is 4.79 Å². The van der Waals surface area contributed by atoms with Gasteiger partial charge < -0.3 is 19.5 Å². The van der Waals surface area contributed by atoms with E-state index in [1.165, 1.54) is 12.7 Å². The highest BCUT2D eigenvalue weighted by Crippen LogP contribution is 2.25. The second-order valence-electron chi connectivity index (χ2n) is 5.72. The molecule has 5 nitrogen and oxygen atoms in total. The maximum atomic E-state index is 11.2. The highest BCUT2D eigenvalue weighted by atomic mass is 16.6. The van der Waals surface area contributed by atoms with Gasteiger partial charge in [-0.3, -0.25) is 0 Å². The number of benzene rings is 1. The number of ether oxygens (including phenoxy) is 3. The van der Waals surface area contributed by atoms with Gasteiger partial charge in [0.2, 0.25) is 0 Å². The fraction of sp³-hybridized carbons (Fsp3) is 0.588. The molecule has 1 N–H and O–H groups in total. The normalized spacial score (nSPS) is 18.0. The minimum Gasteiger partial charge on any atom is -0.481 e. The predicted molar refractivity (Wildman–Crippen MR) is 84.1 cm³/mol. The molecule has 1 heterocycles. The summed E-state index contributed by atoms with van der Waals surface area (Å²) >= 11 is 0. The van der Waals surface area contributed by atoms with Crippen molar-refractivity contribution in [2.24, 2.45) is 0 Å². The van der Waals surface area contributed by atoms with Crippen molar-refractivity contribution in [1.29, 1.82) is 0 Å². The topological polar surface area (TPSA) is 56.8 Å². The average molecular weight is 307 g/mol. The van der Waals surface area contributed by atoms with Crippen molar-refractivity contribution >= 4 is 5.97 Å². The summed E-state index contributed by atoms with van der Waals surface area (Å²) in [6, 6.07) is 4.62. The molecule has 1 saturated heterocycles. The third-order valence-corrected chi connectivity index (χ3v) is 3.84. The van der Waals surface area contributed by atoms with Gasteiger partial charge in [-0.15, -0.1) is 0 Å². The van der Waals surface area contributed by atoms with E-state index in [2.05, 4.69) is 22.2 Å². The van der Waals surface area contributed by atoms with Crippen molar-refractivity contribution < 1.29 is 19.0 Å². The third-order valence-electron chi connectivity index (χ3n) is 3.84. The number of methoxy groups -OCH3 is 1. The molecule has 0 amide bonds. The smallest absolute Gasteiger partial charge is 0.343 e. The molecule has 1 unspecified atom stereocenters. The van der Waals surface area contributed by atoms with Crippen LogP contribution in [0.15, 0.2) is 12.1 Å². The molecule has 1 atom stereocenters. The molecule has 1 aliphatic heterocycles. The van der Waals surface area contributed by atoms with E-state index in [4.69, 9.17) is 9.47 Å². The number of hydrogen-bond donors (Lipinski definition) is 1. The average Bonchev–Trinajstić information content (AvgIpc) is 2.52. The first-order chi connectivity index (χ1) is 10.6. The molecule has 1 aliphatic rings. The Morgan fingerprint density at radius 2 is 2.09 bits per heavy atom. The Morgan fingerprint density at radius 1 is 1.36 bits per heavy atom. The summed E-state index contributed by atoms with van der Waals surface area (Å²) in [6.07, 6.45) is 2.29. The molecular weight excluding hydrogens is 282 g/mol. The molecule has 0 spiro atoms. The van der Waals surface area contributed by atoms with E-state index in [0.717, 1.165) is 49.5 Å². The van der Waals surface area contributed by atoms with Gasteiger partial charge in [0.05, 0.1) is 13.7 Å². The van der Waals surface area contributed by atoms with Crippen molar-refractivity contribution in [2.45, 2.75) is 39.3 Å². The van der Waals surface area contributed by atoms with E-state index in [0.29, 0.717) is 6.04 Å². The lowest BCUT2D eigenvalue weighted by Crippen LogP contribution is -2.36. The lowest BCUT2D eigenvalue weighted by Gasteiger charge is -2.23. The third kappa shape index (κ3) is 4.71. The SMILES string of the molecule is COC(=O)COc1c(C)cc(CNC2CCCOC2)cc1C. The molecule has 122 valence electrons. The Bertz CT molecular complexity index is 486. The van der Waals surface area contributed by atoms with Crippen LogP contribution in [-0.4, -0.2) is 38.9 Å². The summed E-state index contributed by atoms with van der Waals surface area (Å²) in [5.41, 5.74) is 3.27.